The van der Waals surface area contributed by atoms with E-state index in [1.807, 2.05) is 0 Å². The molecule has 0 spiro atoms. The van der Waals surface area contributed by atoms with Gasteiger partial charge in [-0.05, 0) is 63.5 Å². The third-order valence-electron chi connectivity index (χ3n) is 3.81. The number of primary sulfonamides is 1. The Bertz CT molecular complexity index is 610. The molecule has 1 aromatic rings. The first-order valence-corrected chi connectivity index (χ1v) is 9.15. The average Bonchev–Trinajstić information content (AvgIpc) is 2.99. The first-order chi connectivity index (χ1) is 10.5. The van der Waals surface area contributed by atoms with Crippen molar-refractivity contribution in [3.8, 4) is 0 Å². The third-order valence-corrected chi connectivity index (χ3v) is 4.72. The SMILES string of the molecule is NS(=O)(=O)c1cccc(C(=O)NCCCCN2CCCC2)c1. The van der Waals surface area contributed by atoms with Gasteiger partial charge >= 0.3 is 0 Å². The third kappa shape index (κ3) is 5.08. The molecule has 0 atom stereocenters. The molecule has 1 saturated heterocycles. The lowest BCUT2D eigenvalue weighted by Gasteiger charge is -2.14. The number of carbonyl (C=O) groups excluding carboxylic acids is 1. The first-order valence-electron chi connectivity index (χ1n) is 7.60. The smallest absolute Gasteiger partial charge is 0.251 e. The van der Waals surface area contributed by atoms with Crippen molar-refractivity contribution in [2.45, 2.75) is 30.6 Å². The van der Waals surface area contributed by atoms with E-state index in [0.29, 0.717) is 12.1 Å². The van der Waals surface area contributed by atoms with Gasteiger partial charge in [0.2, 0.25) is 10.0 Å². The van der Waals surface area contributed by atoms with Crippen molar-refractivity contribution in [1.29, 1.82) is 0 Å². The Balaban J connectivity index is 1.75. The highest BCUT2D eigenvalue weighted by atomic mass is 32.2. The summed E-state index contributed by atoms with van der Waals surface area (Å²) in [6.07, 6.45) is 4.54. The highest BCUT2D eigenvalue weighted by Crippen LogP contribution is 2.10. The van der Waals surface area contributed by atoms with E-state index in [4.69, 9.17) is 5.14 Å². The van der Waals surface area contributed by atoms with Gasteiger partial charge in [-0.25, -0.2) is 13.6 Å². The molecule has 0 bridgehead atoms. The van der Waals surface area contributed by atoms with Crippen molar-refractivity contribution in [2.24, 2.45) is 5.14 Å². The maximum absolute atomic E-state index is 12.0. The Kier molecular flexibility index (Phi) is 5.93. The second-order valence-electron chi connectivity index (χ2n) is 5.58. The van der Waals surface area contributed by atoms with E-state index >= 15 is 0 Å². The van der Waals surface area contributed by atoms with Crippen LogP contribution in [0.3, 0.4) is 0 Å². The minimum absolute atomic E-state index is 0.0471. The van der Waals surface area contributed by atoms with Crippen molar-refractivity contribution < 1.29 is 13.2 Å². The van der Waals surface area contributed by atoms with E-state index in [2.05, 4.69) is 10.2 Å². The number of nitrogens with one attached hydrogen (secondary N) is 1. The van der Waals surface area contributed by atoms with Crippen LogP contribution >= 0.6 is 0 Å². The van der Waals surface area contributed by atoms with Crippen LogP contribution in [0.2, 0.25) is 0 Å². The summed E-state index contributed by atoms with van der Waals surface area (Å²) in [7, 11) is -3.78. The minimum atomic E-state index is -3.78. The van der Waals surface area contributed by atoms with Gasteiger partial charge in [0.15, 0.2) is 0 Å². The quantitative estimate of drug-likeness (QED) is 0.730. The molecule has 3 N–H and O–H groups in total. The fourth-order valence-electron chi connectivity index (χ4n) is 2.58. The molecule has 122 valence electrons. The van der Waals surface area contributed by atoms with Crippen LogP contribution in [0.5, 0.6) is 0 Å². The summed E-state index contributed by atoms with van der Waals surface area (Å²) in [5.41, 5.74) is 0.311. The van der Waals surface area contributed by atoms with Gasteiger partial charge in [-0.15, -0.1) is 0 Å². The number of nitrogens with two attached hydrogens (primary N) is 1. The molecular weight excluding hydrogens is 302 g/mol. The summed E-state index contributed by atoms with van der Waals surface area (Å²) in [5.74, 6) is -0.272. The number of carbonyl (C=O) groups is 1. The van der Waals surface area contributed by atoms with Gasteiger partial charge in [-0.1, -0.05) is 6.07 Å². The molecule has 2 rings (SSSR count). The summed E-state index contributed by atoms with van der Waals surface area (Å²) in [5, 5.41) is 7.87. The number of hydrogen-bond donors (Lipinski definition) is 2. The Morgan fingerprint density at radius 2 is 1.95 bits per heavy atom. The lowest BCUT2D eigenvalue weighted by atomic mass is 10.2. The van der Waals surface area contributed by atoms with Crippen LogP contribution in [-0.2, 0) is 10.0 Å². The van der Waals surface area contributed by atoms with E-state index in [9.17, 15) is 13.2 Å². The van der Waals surface area contributed by atoms with Gasteiger partial charge in [0.1, 0.15) is 0 Å². The summed E-state index contributed by atoms with van der Waals surface area (Å²) in [6.45, 7) is 4.04. The van der Waals surface area contributed by atoms with E-state index in [0.717, 1.165) is 19.4 Å². The lowest BCUT2D eigenvalue weighted by Crippen LogP contribution is -2.26. The fraction of sp³-hybridized carbons (Fsp3) is 0.533. The van der Waals surface area contributed by atoms with Gasteiger partial charge in [0.05, 0.1) is 4.90 Å². The molecule has 1 heterocycles. The van der Waals surface area contributed by atoms with Gasteiger partial charge in [0.25, 0.3) is 5.91 Å². The number of sulfonamides is 1. The zero-order valence-electron chi connectivity index (χ0n) is 12.6. The molecule has 6 nitrogen and oxygen atoms in total. The molecule has 0 unspecified atom stereocenters. The van der Waals surface area contributed by atoms with Crippen molar-refractivity contribution in [2.75, 3.05) is 26.2 Å². The van der Waals surface area contributed by atoms with Gasteiger partial charge in [-0.2, -0.15) is 0 Å². The molecule has 1 aliphatic rings. The number of rotatable bonds is 7. The Hall–Kier alpha value is -1.44. The lowest BCUT2D eigenvalue weighted by molar-refractivity contribution is 0.0952. The summed E-state index contributed by atoms with van der Waals surface area (Å²) in [6, 6.07) is 5.77. The average molecular weight is 325 g/mol. The largest absolute Gasteiger partial charge is 0.352 e. The Morgan fingerprint density at radius 3 is 2.64 bits per heavy atom. The van der Waals surface area contributed by atoms with Crippen molar-refractivity contribution in [3.63, 3.8) is 0 Å². The molecular formula is C15H23N3O3S. The maximum atomic E-state index is 12.0. The van der Waals surface area contributed by atoms with Gasteiger partial charge < -0.3 is 10.2 Å². The van der Waals surface area contributed by atoms with E-state index in [-0.39, 0.29) is 10.8 Å². The second-order valence-corrected chi connectivity index (χ2v) is 7.15. The molecule has 0 radical (unpaired) electrons. The molecule has 0 aliphatic carbocycles. The normalized spacial score (nSPS) is 15.9. The molecule has 7 heteroatoms. The maximum Gasteiger partial charge on any atom is 0.251 e. The zero-order chi connectivity index (χ0) is 16.0. The number of likely N-dealkylation sites (tertiary alicyclic amines) is 1. The van der Waals surface area contributed by atoms with Crippen LogP contribution in [0.4, 0.5) is 0 Å². The van der Waals surface area contributed by atoms with Crippen molar-refractivity contribution >= 4 is 15.9 Å². The van der Waals surface area contributed by atoms with Gasteiger partial charge in [-0.3, -0.25) is 4.79 Å². The van der Waals surface area contributed by atoms with Crippen molar-refractivity contribution in [1.82, 2.24) is 10.2 Å². The summed E-state index contributed by atoms with van der Waals surface area (Å²) < 4.78 is 22.5. The summed E-state index contributed by atoms with van der Waals surface area (Å²) in [4.78, 5) is 14.4. The fourth-order valence-corrected chi connectivity index (χ4v) is 3.14. The van der Waals surface area contributed by atoms with E-state index < -0.39 is 10.0 Å². The molecule has 0 aromatic heterocycles. The van der Waals surface area contributed by atoms with Crippen LogP contribution < -0.4 is 10.5 Å². The Labute approximate surface area is 131 Å². The van der Waals surface area contributed by atoms with Crippen LogP contribution in [-0.4, -0.2) is 45.4 Å². The number of amides is 1. The van der Waals surface area contributed by atoms with Crippen LogP contribution in [0.1, 0.15) is 36.0 Å². The molecule has 22 heavy (non-hydrogen) atoms. The number of unbranched alkanes of at least 4 members (excludes halogenated alkanes) is 1. The molecule has 1 aromatic carbocycles. The van der Waals surface area contributed by atoms with E-state index in [1.54, 1.807) is 6.07 Å². The monoisotopic (exact) mass is 325 g/mol. The number of benzene rings is 1. The predicted molar refractivity (Wildman–Crippen MR) is 85.1 cm³/mol. The van der Waals surface area contributed by atoms with Crippen LogP contribution in [0.25, 0.3) is 0 Å². The minimum Gasteiger partial charge on any atom is -0.352 e. The van der Waals surface area contributed by atoms with Gasteiger partial charge in [0, 0.05) is 12.1 Å². The Morgan fingerprint density at radius 1 is 1.23 bits per heavy atom. The summed E-state index contributed by atoms with van der Waals surface area (Å²) >= 11 is 0. The highest BCUT2D eigenvalue weighted by Gasteiger charge is 2.12. The highest BCUT2D eigenvalue weighted by molar-refractivity contribution is 7.89. The standard InChI is InChI=1S/C15H23N3O3S/c16-22(20,21)14-7-5-6-13(12-14)15(19)17-8-1-2-9-18-10-3-4-11-18/h5-7,12H,1-4,8-11H2,(H,17,19)(H2,16,20,21). The van der Waals surface area contributed by atoms with Crippen LogP contribution in [0.15, 0.2) is 29.2 Å². The molecule has 0 saturated carbocycles. The predicted octanol–water partition coefficient (Wildman–Crippen LogP) is 0.940. The van der Waals surface area contributed by atoms with E-state index in [1.165, 1.54) is 44.1 Å². The number of hydrogen-bond acceptors (Lipinski definition) is 4. The number of nitrogens with zero attached hydrogens (tertiary/aromatic N) is 1. The molecule has 1 fully saturated rings. The second kappa shape index (κ2) is 7.71. The first kappa shape index (κ1) is 16.9. The molecule has 1 amide bonds. The molecule has 1 aliphatic heterocycles. The van der Waals surface area contributed by atoms with Crippen molar-refractivity contribution in [3.05, 3.63) is 29.8 Å². The van der Waals surface area contributed by atoms with Crippen LogP contribution in [0, 0.1) is 0 Å². The zero-order valence-corrected chi connectivity index (χ0v) is 13.4. The topological polar surface area (TPSA) is 92.5 Å².